The summed E-state index contributed by atoms with van der Waals surface area (Å²) in [6, 6.07) is -1.35. The molecule has 0 aromatic carbocycles. The summed E-state index contributed by atoms with van der Waals surface area (Å²) in [5.74, 6) is -0.688. The highest BCUT2D eigenvalue weighted by atomic mass is 16.4. The third kappa shape index (κ3) is 4.91. The fraction of sp³-hybridized carbons (Fsp3) is 0.615. The maximum absolute atomic E-state index is 12.0. The van der Waals surface area contributed by atoms with E-state index >= 15 is 0 Å². The Bertz CT molecular complexity index is 433. The molecule has 7 nitrogen and oxygen atoms in total. The Morgan fingerprint density at radius 2 is 2.25 bits per heavy atom. The molecule has 0 spiro atoms. The van der Waals surface area contributed by atoms with Gasteiger partial charge in [0, 0.05) is 31.9 Å². The molecule has 0 aliphatic carbocycles. The van der Waals surface area contributed by atoms with Crippen molar-refractivity contribution < 1.29 is 14.7 Å². The lowest BCUT2D eigenvalue weighted by molar-refractivity contribution is -0.139. The van der Waals surface area contributed by atoms with E-state index in [1.165, 1.54) is 11.2 Å². The summed E-state index contributed by atoms with van der Waals surface area (Å²) >= 11 is 0. The molecule has 0 aliphatic heterocycles. The number of aromatic nitrogens is 2. The van der Waals surface area contributed by atoms with Gasteiger partial charge in [-0.2, -0.15) is 0 Å². The number of hydrogen-bond acceptors (Lipinski definition) is 3. The van der Waals surface area contributed by atoms with E-state index < -0.39 is 12.0 Å². The number of carbonyl (C=O) groups excluding carboxylic acids is 1. The predicted molar refractivity (Wildman–Crippen MR) is 74.3 cm³/mol. The van der Waals surface area contributed by atoms with Crippen LogP contribution in [-0.4, -0.2) is 51.6 Å². The zero-order chi connectivity index (χ0) is 15.1. The van der Waals surface area contributed by atoms with Crippen molar-refractivity contribution in [2.24, 2.45) is 5.92 Å². The molecular weight excluding hydrogens is 260 g/mol. The highest BCUT2D eigenvalue weighted by molar-refractivity contribution is 5.82. The second kappa shape index (κ2) is 7.52. The molecule has 2 atom stereocenters. The van der Waals surface area contributed by atoms with Gasteiger partial charge in [-0.25, -0.2) is 14.6 Å². The second-order valence-corrected chi connectivity index (χ2v) is 5.02. The first-order valence-electron chi connectivity index (χ1n) is 6.65. The van der Waals surface area contributed by atoms with Crippen molar-refractivity contribution in [3.05, 3.63) is 18.2 Å². The first-order chi connectivity index (χ1) is 9.43. The number of rotatable bonds is 7. The molecule has 7 heteroatoms. The quantitative estimate of drug-likeness (QED) is 0.697. The Hall–Kier alpha value is -2.05. The summed E-state index contributed by atoms with van der Waals surface area (Å²) < 4.78 is 0. The zero-order valence-corrected chi connectivity index (χ0v) is 12.1. The summed E-state index contributed by atoms with van der Waals surface area (Å²) in [5.41, 5.74) is 0.669. The van der Waals surface area contributed by atoms with E-state index in [0.717, 1.165) is 6.42 Å². The van der Waals surface area contributed by atoms with Gasteiger partial charge in [0.25, 0.3) is 0 Å². The number of aliphatic carboxylic acids is 1. The van der Waals surface area contributed by atoms with E-state index in [0.29, 0.717) is 18.2 Å². The lowest BCUT2D eigenvalue weighted by Gasteiger charge is -2.23. The molecule has 1 heterocycles. The van der Waals surface area contributed by atoms with E-state index in [2.05, 4.69) is 22.2 Å². The smallest absolute Gasteiger partial charge is 0.326 e. The third-order valence-corrected chi connectivity index (χ3v) is 3.20. The van der Waals surface area contributed by atoms with Gasteiger partial charge in [0.15, 0.2) is 0 Å². The lowest BCUT2D eigenvalue weighted by atomic mass is 10.1. The van der Waals surface area contributed by atoms with Gasteiger partial charge >= 0.3 is 12.0 Å². The SMILES string of the molecule is CCC(C)CN(C)C(=O)N[C@H](Cc1cnc[nH]1)C(=O)O. The van der Waals surface area contributed by atoms with E-state index in [1.807, 2.05) is 6.92 Å². The van der Waals surface area contributed by atoms with Crippen LogP contribution in [0.4, 0.5) is 4.79 Å². The minimum absolute atomic E-state index is 0.179. The molecular formula is C13H22N4O3. The zero-order valence-electron chi connectivity index (χ0n) is 12.1. The first kappa shape index (κ1) is 16.0. The van der Waals surface area contributed by atoms with Gasteiger partial charge in [0.05, 0.1) is 6.33 Å². The number of nitrogens with one attached hydrogen (secondary N) is 2. The molecule has 0 saturated carbocycles. The van der Waals surface area contributed by atoms with Gasteiger partial charge < -0.3 is 20.3 Å². The van der Waals surface area contributed by atoms with Gasteiger partial charge in [-0.1, -0.05) is 20.3 Å². The number of urea groups is 1. The molecule has 0 aliphatic rings. The number of hydrogen-bond donors (Lipinski definition) is 3. The van der Waals surface area contributed by atoms with Crippen molar-refractivity contribution in [2.45, 2.75) is 32.7 Å². The maximum Gasteiger partial charge on any atom is 0.326 e. The topological polar surface area (TPSA) is 98.3 Å². The molecule has 20 heavy (non-hydrogen) atoms. The Labute approximate surface area is 118 Å². The normalized spacial score (nSPS) is 13.6. The molecule has 0 bridgehead atoms. The second-order valence-electron chi connectivity index (χ2n) is 5.02. The van der Waals surface area contributed by atoms with Gasteiger partial charge in [-0.3, -0.25) is 0 Å². The number of carboxylic acids is 1. The van der Waals surface area contributed by atoms with Crippen molar-refractivity contribution >= 4 is 12.0 Å². The van der Waals surface area contributed by atoms with Crippen molar-refractivity contribution in [2.75, 3.05) is 13.6 Å². The molecule has 0 fully saturated rings. The molecule has 1 aromatic heterocycles. The van der Waals surface area contributed by atoms with E-state index in [-0.39, 0.29) is 12.5 Å². The molecule has 3 N–H and O–H groups in total. The monoisotopic (exact) mass is 282 g/mol. The van der Waals surface area contributed by atoms with Gasteiger partial charge in [0.2, 0.25) is 0 Å². The van der Waals surface area contributed by atoms with Crippen LogP contribution in [-0.2, 0) is 11.2 Å². The first-order valence-corrected chi connectivity index (χ1v) is 6.65. The fourth-order valence-corrected chi connectivity index (χ4v) is 1.76. The van der Waals surface area contributed by atoms with Crippen LogP contribution in [0.15, 0.2) is 12.5 Å². The average Bonchev–Trinajstić information content (AvgIpc) is 2.90. The number of aromatic amines is 1. The molecule has 1 rings (SSSR count). The van der Waals surface area contributed by atoms with Crippen LogP contribution in [0, 0.1) is 5.92 Å². The number of amides is 2. The Morgan fingerprint density at radius 1 is 1.55 bits per heavy atom. The summed E-state index contributed by atoms with van der Waals surface area (Å²) in [4.78, 5) is 31.3. The van der Waals surface area contributed by atoms with Crippen molar-refractivity contribution in [1.82, 2.24) is 20.2 Å². The van der Waals surface area contributed by atoms with Crippen LogP contribution < -0.4 is 5.32 Å². The van der Waals surface area contributed by atoms with Crippen LogP contribution in [0.1, 0.15) is 26.0 Å². The number of nitrogens with zero attached hydrogens (tertiary/aromatic N) is 2. The van der Waals surface area contributed by atoms with E-state index in [1.54, 1.807) is 13.2 Å². The van der Waals surface area contributed by atoms with Crippen molar-refractivity contribution in [3.8, 4) is 0 Å². The molecule has 112 valence electrons. The standard InChI is InChI=1S/C13H22N4O3/c1-4-9(2)7-17(3)13(20)16-11(12(18)19)5-10-6-14-8-15-10/h6,8-9,11H,4-5,7H2,1-3H3,(H,14,15)(H,16,20)(H,18,19)/t9?,11-/m1/s1. The molecule has 1 aromatic rings. The molecule has 1 unspecified atom stereocenters. The minimum Gasteiger partial charge on any atom is -0.480 e. The van der Waals surface area contributed by atoms with Crippen LogP contribution in [0.3, 0.4) is 0 Å². The van der Waals surface area contributed by atoms with E-state index in [4.69, 9.17) is 5.11 Å². The third-order valence-electron chi connectivity index (χ3n) is 3.20. The Kier molecular flexibility index (Phi) is 6.02. The summed E-state index contributed by atoms with van der Waals surface area (Å²) in [6.45, 7) is 4.69. The van der Waals surface area contributed by atoms with Crippen LogP contribution in [0.25, 0.3) is 0 Å². The highest BCUT2D eigenvalue weighted by Crippen LogP contribution is 2.04. The lowest BCUT2D eigenvalue weighted by Crippen LogP contribution is -2.48. The van der Waals surface area contributed by atoms with E-state index in [9.17, 15) is 9.59 Å². The number of H-pyrrole nitrogens is 1. The summed E-state index contributed by atoms with van der Waals surface area (Å²) in [6.07, 6.45) is 4.17. The van der Waals surface area contributed by atoms with Crippen LogP contribution >= 0.6 is 0 Å². The number of imidazole rings is 1. The number of carboxylic acid groups (broad SMARTS) is 1. The summed E-state index contributed by atoms with van der Waals surface area (Å²) in [5, 5.41) is 11.7. The van der Waals surface area contributed by atoms with Gasteiger partial charge in [-0.15, -0.1) is 0 Å². The Morgan fingerprint density at radius 3 is 2.75 bits per heavy atom. The van der Waals surface area contributed by atoms with Crippen LogP contribution in [0.2, 0.25) is 0 Å². The van der Waals surface area contributed by atoms with Gasteiger partial charge in [-0.05, 0) is 5.92 Å². The predicted octanol–water partition coefficient (Wildman–Crippen LogP) is 1.09. The maximum atomic E-state index is 12.0. The van der Waals surface area contributed by atoms with Crippen molar-refractivity contribution in [1.29, 1.82) is 0 Å². The van der Waals surface area contributed by atoms with Crippen LogP contribution in [0.5, 0.6) is 0 Å². The molecule has 0 saturated heterocycles. The van der Waals surface area contributed by atoms with Crippen molar-refractivity contribution in [3.63, 3.8) is 0 Å². The fourth-order valence-electron chi connectivity index (χ4n) is 1.76. The molecule has 0 radical (unpaired) electrons. The summed E-state index contributed by atoms with van der Waals surface area (Å²) in [7, 11) is 1.66. The minimum atomic E-state index is -1.06. The highest BCUT2D eigenvalue weighted by Gasteiger charge is 2.23. The van der Waals surface area contributed by atoms with Gasteiger partial charge in [0.1, 0.15) is 6.04 Å². The molecule has 2 amide bonds. The average molecular weight is 282 g/mol. The largest absolute Gasteiger partial charge is 0.480 e. The Balaban J connectivity index is 2.57. The number of carbonyl (C=O) groups is 2.